The molecule has 0 rings (SSSR count). The second-order valence-electron chi connectivity index (χ2n) is 3.62. The van der Waals surface area contributed by atoms with Gasteiger partial charge in [0.05, 0.1) is 12.7 Å². The summed E-state index contributed by atoms with van der Waals surface area (Å²) in [7, 11) is -3.26. The van der Waals surface area contributed by atoms with E-state index in [-0.39, 0.29) is 26.1 Å². The lowest BCUT2D eigenvalue weighted by Gasteiger charge is -2.20. The maximum atomic E-state index is 11.6. The van der Waals surface area contributed by atoms with E-state index < -0.39 is 22.0 Å². The average molecular weight is 281 g/mol. The molecule has 0 saturated heterocycles. The quantitative estimate of drug-likeness (QED) is 0.496. The van der Waals surface area contributed by atoms with Gasteiger partial charge in [-0.1, -0.05) is 0 Å². The van der Waals surface area contributed by atoms with Crippen LogP contribution in [0.5, 0.6) is 0 Å². The molecule has 2 amide bonds. The van der Waals surface area contributed by atoms with Crippen molar-refractivity contribution in [2.75, 3.05) is 32.4 Å². The molecule has 106 valence electrons. The van der Waals surface area contributed by atoms with Crippen molar-refractivity contribution < 1.29 is 23.1 Å². The van der Waals surface area contributed by atoms with E-state index >= 15 is 0 Å². The summed E-state index contributed by atoms with van der Waals surface area (Å²) >= 11 is 0. The molecule has 0 aromatic rings. The van der Waals surface area contributed by atoms with Crippen LogP contribution in [-0.4, -0.2) is 62.9 Å². The molecule has 9 heteroatoms. The van der Waals surface area contributed by atoms with E-state index in [2.05, 4.69) is 10.0 Å². The minimum absolute atomic E-state index is 0.0983. The predicted octanol–water partition coefficient (Wildman–Crippen LogP) is -0.958. The lowest BCUT2D eigenvalue weighted by atomic mass is 10.4. The van der Waals surface area contributed by atoms with Crippen molar-refractivity contribution >= 4 is 22.0 Å². The van der Waals surface area contributed by atoms with Gasteiger partial charge in [0.2, 0.25) is 10.0 Å². The Morgan fingerprint density at radius 2 is 1.89 bits per heavy atom. The first-order valence-corrected chi connectivity index (χ1v) is 7.34. The Morgan fingerprint density at radius 1 is 1.28 bits per heavy atom. The van der Waals surface area contributed by atoms with Gasteiger partial charge in [-0.2, -0.15) is 0 Å². The fourth-order valence-corrected chi connectivity index (χ4v) is 1.62. The first-order valence-electron chi connectivity index (χ1n) is 5.45. The van der Waals surface area contributed by atoms with Crippen LogP contribution in [0.4, 0.5) is 4.79 Å². The first kappa shape index (κ1) is 16.6. The molecule has 0 atom stereocenters. The summed E-state index contributed by atoms with van der Waals surface area (Å²) in [5, 5.41) is 11.0. The summed E-state index contributed by atoms with van der Waals surface area (Å²) in [6.07, 6.45) is 0.906. The Labute approximate surface area is 106 Å². The maximum absolute atomic E-state index is 11.6. The fraction of sp³-hybridized carbons (Fsp3) is 0.778. The lowest BCUT2D eigenvalue weighted by Crippen LogP contribution is -2.43. The molecule has 0 aromatic heterocycles. The van der Waals surface area contributed by atoms with Crippen molar-refractivity contribution in [2.24, 2.45) is 0 Å². The van der Waals surface area contributed by atoms with Gasteiger partial charge in [-0.05, 0) is 6.92 Å². The van der Waals surface area contributed by atoms with Gasteiger partial charge in [-0.3, -0.25) is 4.79 Å². The number of carboxylic acid groups (broad SMARTS) is 1. The third kappa shape index (κ3) is 8.76. The molecule has 0 aliphatic heterocycles. The number of carbonyl (C=O) groups is 2. The Kier molecular flexibility index (Phi) is 7.29. The van der Waals surface area contributed by atoms with E-state index in [1.54, 1.807) is 6.92 Å². The molecule has 0 fully saturated rings. The molecule has 18 heavy (non-hydrogen) atoms. The zero-order valence-electron chi connectivity index (χ0n) is 10.5. The second kappa shape index (κ2) is 7.88. The van der Waals surface area contributed by atoms with Gasteiger partial charge in [0.1, 0.15) is 0 Å². The number of rotatable bonds is 8. The number of urea groups is 1. The van der Waals surface area contributed by atoms with Gasteiger partial charge in [0, 0.05) is 26.2 Å². The number of amides is 2. The summed E-state index contributed by atoms with van der Waals surface area (Å²) in [4.78, 5) is 23.3. The summed E-state index contributed by atoms with van der Waals surface area (Å²) < 4.78 is 23.7. The highest BCUT2D eigenvalue weighted by molar-refractivity contribution is 7.88. The molecule has 8 nitrogen and oxygen atoms in total. The van der Waals surface area contributed by atoms with Crippen LogP contribution in [0.2, 0.25) is 0 Å². The van der Waals surface area contributed by atoms with Gasteiger partial charge < -0.3 is 15.3 Å². The van der Waals surface area contributed by atoms with Crippen molar-refractivity contribution in [2.45, 2.75) is 13.3 Å². The van der Waals surface area contributed by atoms with Gasteiger partial charge >= 0.3 is 12.0 Å². The lowest BCUT2D eigenvalue weighted by molar-refractivity contribution is -0.137. The van der Waals surface area contributed by atoms with Crippen LogP contribution in [0.15, 0.2) is 0 Å². The highest BCUT2D eigenvalue weighted by Gasteiger charge is 2.12. The molecule has 0 spiro atoms. The molecule has 0 saturated carbocycles. The van der Waals surface area contributed by atoms with E-state index in [1.165, 1.54) is 4.90 Å². The van der Waals surface area contributed by atoms with Crippen LogP contribution in [0.3, 0.4) is 0 Å². The number of hydrogen-bond acceptors (Lipinski definition) is 4. The summed E-state index contributed by atoms with van der Waals surface area (Å²) in [6, 6.07) is -0.408. The summed E-state index contributed by atoms with van der Waals surface area (Å²) in [5.41, 5.74) is 0. The smallest absolute Gasteiger partial charge is 0.317 e. The Balaban J connectivity index is 3.94. The van der Waals surface area contributed by atoms with Crippen molar-refractivity contribution in [3.63, 3.8) is 0 Å². The Hall–Kier alpha value is -1.35. The third-order valence-electron chi connectivity index (χ3n) is 2.03. The molecular formula is C9H19N3O5S. The number of hydrogen-bond donors (Lipinski definition) is 3. The minimum atomic E-state index is -3.26. The van der Waals surface area contributed by atoms with Crippen LogP contribution in [0, 0.1) is 0 Å². The average Bonchev–Trinajstić information content (AvgIpc) is 2.23. The van der Waals surface area contributed by atoms with Crippen molar-refractivity contribution in [1.82, 2.24) is 14.9 Å². The zero-order valence-corrected chi connectivity index (χ0v) is 11.3. The fourth-order valence-electron chi connectivity index (χ4n) is 1.15. The number of sulfonamides is 1. The highest BCUT2D eigenvalue weighted by atomic mass is 32.2. The van der Waals surface area contributed by atoms with E-state index in [0.717, 1.165) is 6.26 Å². The summed E-state index contributed by atoms with van der Waals surface area (Å²) in [5.74, 6) is -0.972. The topological polar surface area (TPSA) is 116 Å². The number of carbonyl (C=O) groups excluding carboxylic acids is 1. The standard InChI is InChI=1S/C9H19N3O5S/c1-3-12(7-4-8(13)14)9(15)10-5-6-11-18(2,16)17/h11H,3-7H2,1-2H3,(H,10,15)(H,13,14). The SMILES string of the molecule is CCN(CCC(=O)O)C(=O)NCCNS(C)(=O)=O. The highest BCUT2D eigenvalue weighted by Crippen LogP contribution is 1.92. The van der Waals surface area contributed by atoms with Crippen LogP contribution in [0.25, 0.3) is 0 Å². The number of nitrogens with zero attached hydrogens (tertiary/aromatic N) is 1. The van der Waals surface area contributed by atoms with Gasteiger partial charge in [-0.15, -0.1) is 0 Å². The third-order valence-corrected chi connectivity index (χ3v) is 2.76. The number of nitrogens with one attached hydrogen (secondary N) is 2. The predicted molar refractivity (Wildman–Crippen MR) is 65.7 cm³/mol. The summed E-state index contributed by atoms with van der Waals surface area (Å²) in [6.45, 7) is 2.49. The van der Waals surface area contributed by atoms with Crippen LogP contribution < -0.4 is 10.0 Å². The number of aliphatic carboxylic acids is 1. The van der Waals surface area contributed by atoms with Crippen LogP contribution in [0.1, 0.15) is 13.3 Å². The molecule has 0 aliphatic rings. The minimum Gasteiger partial charge on any atom is -0.481 e. The Bertz CT molecular complexity index is 382. The maximum Gasteiger partial charge on any atom is 0.317 e. The molecule has 0 radical (unpaired) electrons. The second-order valence-corrected chi connectivity index (χ2v) is 5.45. The number of carboxylic acids is 1. The molecule has 0 aliphatic carbocycles. The Morgan fingerprint density at radius 3 is 2.33 bits per heavy atom. The molecule has 0 aromatic carbocycles. The van der Waals surface area contributed by atoms with Gasteiger partial charge in [0.15, 0.2) is 0 Å². The molecule has 3 N–H and O–H groups in total. The van der Waals surface area contributed by atoms with Gasteiger partial charge in [-0.25, -0.2) is 17.9 Å². The van der Waals surface area contributed by atoms with Crippen LogP contribution >= 0.6 is 0 Å². The van der Waals surface area contributed by atoms with Crippen molar-refractivity contribution in [3.8, 4) is 0 Å². The van der Waals surface area contributed by atoms with E-state index in [1.807, 2.05) is 0 Å². The van der Waals surface area contributed by atoms with E-state index in [4.69, 9.17) is 5.11 Å². The van der Waals surface area contributed by atoms with E-state index in [9.17, 15) is 18.0 Å². The molecule has 0 unspecified atom stereocenters. The monoisotopic (exact) mass is 281 g/mol. The van der Waals surface area contributed by atoms with Crippen molar-refractivity contribution in [1.29, 1.82) is 0 Å². The largest absolute Gasteiger partial charge is 0.481 e. The van der Waals surface area contributed by atoms with Crippen molar-refractivity contribution in [3.05, 3.63) is 0 Å². The molecule has 0 heterocycles. The first-order chi connectivity index (χ1) is 8.26. The van der Waals surface area contributed by atoms with E-state index in [0.29, 0.717) is 6.54 Å². The van der Waals surface area contributed by atoms with Gasteiger partial charge in [0.25, 0.3) is 0 Å². The van der Waals surface area contributed by atoms with Crippen LogP contribution in [-0.2, 0) is 14.8 Å². The molecular weight excluding hydrogens is 262 g/mol. The zero-order chi connectivity index (χ0) is 14.2. The molecule has 0 bridgehead atoms. The normalized spacial score (nSPS) is 11.0.